The van der Waals surface area contributed by atoms with E-state index < -0.39 is 10.0 Å². The number of carbonyl (C=O) groups excluding carboxylic acids is 1. The molecule has 1 amide bonds. The number of anilines is 1. The lowest BCUT2D eigenvalue weighted by Gasteiger charge is -2.36. The molecule has 2 heterocycles. The van der Waals surface area contributed by atoms with Crippen LogP contribution in [0.25, 0.3) is 0 Å². The molecule has 0 radical (unpaired) electrons. The molecule has 3 aromatic rings. The van der Waals surface area contributed by atoms with Crippen molar-refractivity contribution in [1.82, 2.24) is 14.8 Å². The van der Waals surface area contributed by atoms with Crippen LogP contribution in [0.5, 0.6) is 5.75 Å². The molecule has 0 bridgehead atoms. The summed E-state index contributed by atoms with van der Waals surface area (Å²) >= 11 is 0. The molecule has 0 aliphatic carbocycles. The number of ether oxygens (including phenoxy) is 2. The lowest BCUT2D eigenvalue weighted by Crippen LogP contribution is -2.46. The second-order valence-electron chi connectivity index (χ2n) is 10.0. The van der Waals surface area contributed by atoms with E-state index in [1.807, 2.05) is 18.3 Å². The molecule has 208 valence electrons. The third kappa shape index (κ3) is 7.14. The third-order valence-corrected chi connectivity index (χ3v) is 8.39. The Morgan fingerprint density at radius 3 is 2.54 bits per heavy atom. The largest absolute Gasteiger partial charge is 0.491 e. The maximum Gasteiger partial charge on any atom is 0.261 e. The van der Waals surface area contributed by atoms with Gasteiger partial charge in [-0.25, -0.2) is 8.42 Å². The molecule has 0 unspecified atom stereocenters. The van der Waals surface area contributed by atoms with Crippen molar-refractivity contribution >= 4 is 21.6 Å². The van der Waals surface area contributed by atoms with Crippen molar-refractivity contribution < 1.29 is 22.7 Å². The van der Waals surface area contributed by atoms with Gasteiger partial charge in [0.25, 0.3) is 15.9 Å². The molecular formula is C29H36N4O5S. The van der Waals surface area contributed by atoms with Crippen LogP contribution in [-0.4, -0.2) is 75.1 Å². The monoisotopic (exact) mass is 552 g/mol. The summed E-state index contributed by atoms with van der Waals surface area (Å²) in [4.78, 5) is 21.8. The Kier molecular flexibility index (Phi) is 9.21. The molecule has 3 atom stereocenters. The van der Waals surface area contributed by atoms with Crippen molar-refractivity contribution in [2.75, 3.05) is 38.6 Å². The van der Waals surface area contributed by atoms with Gasteiger partial charge < -0.3 is 14.4 Å². The van der Waals surface area contributed by atoms with Crippen molar-refractivity contribution in [2.24, 2.45) is 5.92 Å². The van der Waals surface area contributed by atoms with Crippen LogP contribution in [0.2, 0.25) is 0 Å². The molecule has 10 heteroatoms. The van der Waals surface area contributed by atoms with Crippen LogP contribution >= 0.6 is 0 Å². The van der Waals surface area contributed by atoms with E-state index in [1.165, 1.54) is 12.1 Å². The number of pyridine rings is 1. The van der Waals surface area contributed by atoms with Gasteiger partial charge in [-0.2, -0.15) is 0 Å². The van der Waals surface area contributed by atoms with E-state index in [1.54, 1.807) is 61.7 Å². The Morgan fingerprint density at radius 1 is 1.08 bits per heavy atom. The first-order valence-corrected chi connectivity index (χ1v) is 14.4. The Labute approximate surface area is 230 Å². The van der Waals surface area contributed by atoms with Crippen molar-refractivity contribution in [1.29, 1.82) is 0 Å². The molecule has 0 fully saturated rings. The minimum Gasteiger partial charge on any atom is -0.491 e. The third-order valence-electron chi connectivity index (χ3n) is 6.99. The topological polar surface area (TPSA) is 101 Å². The van der Waals surface area contributed by atoms with E-state index in [-0.39, 0.29) is 28.9 Å². The predicted molar refractivity (Wildman–Crippen MR) is 150 cm³/mol. The van der Waals surface area contributed by atoms with E-state index in [4.69, 9.17) is 9.47 Å². The van der Waals surface area contributed by atoms with Gasteiger partial charge in [0.2, 0.25) is 0 Å². The second kappa shape index (κ2) is 12.6. The van der Waals surface area contributed by atoms with Crippen LogP contribution in [0.1, 0.15) is 29.8 Å². The summed E-state index contributed by atoms with van der Waals surface area (Å²) in [5, 5.41) is 0. The van der Waals surface area contributed by atoms with Gasteiger partial charge in [-0.1, -0.05) is 31.2 Å². The fraction of sp³-hybridized carbons (Fsp3) is 0.379. The highest BCUT2D eigenvalue weighted by Crippen LogP contribution is 2.28. The number of hydrogen-bond donors (Lipinski definition) is 1. The molecule has 1 aromatic heterocycles. The molecule has 0 spiro atoms. The summed E-state index contributed by atoms with van der Waals surface area (Å²) in [6, 6.07) is 16.8. The van der Waals surface area contributed by atoms with Crippen molar-refractivity contribution in [3.63, 3.8) is 0 Å². The summed E-state index contributed by atoms with van der Waals surface area (Å²) in [6.45, 7) is 6.30. The number of fused-ring (bicyclic) bond motifs is 1. The summed E-state index contributed by atoms with van der Waals surface area (Å²) in [7, 11) is -0.403. The SMILES string of the molecule is CO[C@@H]1CN(C)C(=O)c2ccc(NS(=O)(=O)c3ccccc3)cc2OC[C@H](C)N(Cc2cccnc2)C[C@H]1C. The van der Waals surface area contributed by atoms with Crippen molar-refractivity contribution in [2.45, 2.75) is 37.4 Å². The molecule has 0 saturated carbocycles. The number of amides is 1. The Balaban J connectivity index is 1.66. The number of rotatable bonds is 6. The predicted octanol–water partition coefficient (Wildman–Crippen LogP) is 3.89. The molecular weight excluding hydrogens is 516 g/mol. The zero-order valence-corrected chi connectivity index (χ0v) is 23.6. The first-order valence-electron chi connectivity index (χ1n) is 12.9. The van der Waals surface area contributed by atoms with Gasteiger partial charge in [0.15, 0.2) is 0 Å². The number of nitrogens with one attached hydrogen (secondary N) is 1. The van der Waals surface area contributed by atoms with Gasteiger partial charge in [-0.05, 0) is 48.7 Å². The van der Waals surface area contributed by atoms with Crippen LogP contribution < -0.4 is 9.46 Å². The van der Waals surface area contributed by atoms with Gasteiger partial charge in [0.1, 0.15) is 12.4 Å². The molecule has 9 nitrogen and oxygen atoms in total. The van der Waals surface area contributed by atoms with Gasteiger partial charge in [0.05, 0.1) is 22.3 Å². The van der Waals surface area contributed by atoms with Gasteiger partial charge in [0, 0.05) is 58.3 Å². The number of hydrogen-bond acceptors (Lipinski definition) is 7. The van der Waals surface area contributed by atoms with Crippen LogP contribution in [0, 0.1) is 5.92 Å². The van der Waals surface area contributed by atoms with E-state index in [9.17, 15) is 13.2 Å². The molecule has 1 N–H and O–H groups in total. The number of likely N-dealkylation sites (N-methyl/N-ethyl adjacent to an activating group) is 1. The first kappa shape index (κ1) is 28.5. The smallest absolute Gasteiger partial charge is 0.261 e. The van der Waals surface area contributed by atoms with Gasteiger partial charge >= 0.3 is 0 Å². The van der Waals surface area contributed by atoms with Gasteiger partial charge in [-0.15, -0.1) is 0 Å². The molecule has 0 saturated heterocycles. The van der Waals surface area contributed by atoms with Crippen LogP contribution in [-0.2, 0) is 21.3 Å². The first-order chi connectivity index (χ1) is 18.7. The van der Waals surface area contributed by atoms with E-state index in [2.05, 4.69) is 28.5 Å². The fourth-order valence-corrected chi connectivity index (χ4v) is 5.74. The average molecular weight is 553 g/mol. The highest BCUT2D eigenvalue weighted by molar-refractivity contribution is 7.92. The second-order valence-corrected chi connectivity index (χ2v) is 11.7. The highest BCUT2D eigenvalue weighted by Gasteiger charge is 2.29. The standard InChI is InChI=1S/C29H36N4O5S/c1-21-17-33(18-23-9-8-14-30-16-23)22(2)20-38-27-15-24(31-39(35,36)25-10-6-5-7-11-25)12-13-26(27)29(34)32(3)19-28(21)37-4/h5-16,21-22,28,31H,17-20H2,1-4H3/t21-,22+,28-/m1/s1. The molecule has 39 heavy (non-hydrogen) atoms. The minimum absolute atomic E-state index is 0.0186. The summed E-state index contributed by atoms with van der Waals surface area (Å²) in [6.07, 6.45) is 3.43. The molecule has 1 aliphatic heterocycles. The Bertz CT molecular complexity index is 1350. The van der Waals surface area contributed by atoms with Crippen LogP contribution in [0.4, 0.5) is 5.69 Å². The number of aromatic nitrogens is 1. The number of carbonyl (C=O) groups is 1. The number of nitrogens with zero attached hydrogens (tertiary/aromatic N) is 3. The lowest BCUT2D eigenvalue weighted by molar-refractivity contribution is 0.00920. The van der Waals surface area contributed by atoms with E-state index in [0.29, 0.717) is 36.7 Å². The maximum absolute atomic E-state index is 13.5. The minimum atomic E-state index is -3.81. The van der Waals surface area contributed by atoms with E-state index in [0.717, 1.165) is 12.1 Å². The number of benzene rings is 2. The summed E-state index contributed by atoms with van der Waals surface area (Å²) in [5.74, 6) is 0.228. The number of sulfonamides is 1. The molecule has 1 aliphatic rings. The molecule has 4 rings (SSSR count). The summed E-state index contributed by atoms with van der Waals surface area (Å²) < 4.78 is 40.5. The lowest BCUT2D eigenvalue weighted by atomic mass is 10.0. The molecule has 2 aromatic carbocycles. The Morgan fingerprint density at radius 2 is 1.85 bits per heavy atom. The Hall–Kier alpha value is -3.47. The van der Waals surface area contributed by atoms with Crippen LogP contribution in [0.3, 0.4) is 0 Å². The summed E-state index contributed by atoms with van der Waals surface area (Å²) in [5.41, 5.74) is 1.75. The van der Waals surface area contributed by atoms with Gasteiger partial charge in [-0.3, -0.25) is 19.4 Å². The number of methoxy groups -OCH3 is 1. The van der Waals surface area contributed by atoms with Crippen molar-refractivity contribution in [3.8, 4) is 5.75 Å². The normalized spacial score (nSPS) is 21.3. The average Bonchev–Trinajstić information content (AvgIpc) is 2.94. The maximum atomic E-state index is 13.5. The van der Waals surface area contributed by atoms with Crippen LogP contribution in [0.15, 0.2) is 78.0 Å². The zero-order valence-electron chi connectivity index (χ0n) is 22.8. The fourth-order valence-electron chi connectivity index (χ4n) is 4.67. The van der Waals surface area contributed by atoms with Crippen molar-refractivity contribution in [3.05, 3.63) is 84.2 Å². The quantitative estimate of drug-likeness (QED) is 0.495. The highest BCUT2D eigenvalue weighted by atomic mass is 32.2. The van der Waals surface area contributed by atoms with E-state index >= 15 is 0 Å². The zero-order chi connectivity index (χ0) is 28.0.